The number of sulfonamides is 1. The van der Waals surface area contributed by atoms with E-state index in [1.54, 1.807) is 10.4 Å². The number of halogens is 3. The lowest BCUT2D eigenvalue weighted by atomic mass is 10.0. The van der Waals surface area contributed by atoms with Crippen LogP contribution in [0.25, 0.3) is 0 Å². The first-order chi connectivity index (χ1) is 9.93. The molecule has 2 atom stereocenters. The molecule has 1 aromatic rings. The fourth-order valence-corrected chi connectivity index (χ4v) is 5.88. The number of hydrogen-bond donors (Lipinski definition) is 1. The largest absolute Gasteiger partial charge is 0.495 e. The predicted molar refractivity (Wildman–Crippen MR) is 91.6 cm³/mol. The van der Waals surface area contributed by atoms with Crippen molar-refractivity contribution in [1.29, 1.82) is 0 Å². The SMILES string of the molecule is COc1cc(Br)c(S(=O)(=O)N2C[C@H]3CNC[C@H]3C2)cc1Cl.Cl. The van der Waals surface area contributed by atoms with Crippen molar-refractivity contribution in [2.75, 3.05) is 33.3 Å². The van der Waals surface area contributed by atoms with Gasteiger partial charge in [0.2, 0.25) is 10.0 Å². The number of ether oxygens (including phenoxy) is 1. The zero-order chi connectivity index (χ0) is 15.2. The van der Waals surface area contributed by atoms with Crippen molar-refractivity contribution in [3.05, 3.63) is 21.6 Å². The average Bonchev–Trinajstić information content (AvgIpc) is 3.01. The number of benzene rings is 1. The normalized spacial score (nSPS) is 24.9. The first-order valence-corrected chi connectivity index (χ1v) is 9.28. The van der Waals surface area contributed by atoms with Gasteiger partial charge in [0.1, 0.15) is 5.75 Å². The van der Waals surface area contributed by atoms with Gasteiger partial charge in [0.05, 0.1) is 17.0 Å². The van der Waals surface area contributed by atoms with E-state index >= 15 is 0 Å². The number of rotatable bonds is 3. The lowest BCUT2D eigenvalue weighted by molar-refractivity contribution is 0.414. The summed E-state index contributed by atoms with van der Waals surface area (Å²) >= 11 is 9.38. The van der Waals surface area contributed by atoms with Gasteiger partial charge in [-0.05, 0) is 53.0 Å². The lowest BCUT2D eigenvalue weighted by Crippen LogP contribution is -2.32. The minimum atomic E-state index is -3.54. The summed E-state index contributed by atoms with van der Waals surface area (Å²) in [6.45, 7) is 2.91. The molecule has 2 heterocycles. The molecule has 3 rings (SSSR count). The van der Waals surface area contributed by atoms with Crippen molar-refractivity contribution < 1.29 is 13.2 Å². The fraction of sp³-hybridized carbons (Fsp3) is 0.538. The summed E-state index contributed by atoms with van der Waals surface area (Å²) in [5, 5.41) is 3.60. The summed E-state index contributed by atoms with van der Waals surface area (Å²) in [4.78, 5) is 0.196. The quantitative estimate of drug-likeness (QED) is 0.798. The Bertz CT molecular complexity index is 659. The van der Waals surface area contributed by atoms with Crippen LogP contribution in [0.4, 0.5) is 0 Å². The van der Waals surface area contributed by atoms with Gasteiger partial charge < -0.3 is 10.1 Å². The van der Waals surface area contributed by atoms with E-state index in [2.05, 4.69) is 21.2 Å². The van der Waals surface area contributed by atoms with E-state index in [4.69, 9.17) is 16.3 Å². The van der Waals surface area contributed by atoms with Crippen LogP contribution in [0.2, 0.25) is 5.02 Å². The molecule has 1 aromatic carbocycles. The Morgan fingerprint density at radius 1 is 1.32 bits per heavy atom. The molecule has 0 unspecified atom stereocenters. The van der Waals surface area contributed by atoms with Crippen molar-refractivity contribution in [1.82, 2.24) is 9.62 Å². The lowest BCUT2D eigenvalue weighted by Gasteiger charge is -2.19. The Labute approximate surface area is 149 Å². The third-order valence-electron chi connectivity index (χ3n) is 4.18. The van der Waals surface area contributed by atoms with Gasteiger partial charge in [-0.2, -0.15) is 4.31 Å². The number of nitrogens with one attached hydrogen (secondary N) is 1. The van der Waals surface area contributed by atoms with E-state index in [1.165, 1.54) is 13.2 Å². The van der Waals surface area contributed by atoms with Gasteiger partial charge in [-0.3, -0.25) is 0 Å². The third-order valence-corrected chi connectivity index (χ3v) is 7.27. The highest BCUT2D eigenvalue weighted by Crippen LogP contribution is 2.37. The fourth-order valence-electron chi connectivity index (χ4n) is 3.01. The van der Waals surface area contributed by atoms with E-state index in [0.717, 1.165) is 13.1 Å². The zero-order valence-corrected chi connectivity index (χ0v) is 15.9. The van der Waals surface area contributed by atoms with E-state index in [1.807, 2.05) is 0 Å². The highest BCUT2D eigenvalue weighted by molar-refractivity contribution is 9.10. The Morgan fingerprint density at radius 2 is 1.91 bits per heavy atom. The number of fused-ring (bicyclic) bond motifs is 1. The zero-order valence-electron chi connectivity index (χ0n) is 11.9. The maximum absolute atomic E-state index is 12.8. The summed E-state index contributed by atoms with van der Waals surface area (Å²) in [6.07, 6.45) is 0. The average molecular weight is 432 g/mol. The first kappa shape index (κ1) is 18.3. The van der Waals surface area contributed by atoms with Crippen molar-refractivity contribution in [2.24, 2.45) is 11.8 Å². The van der Waals surface area contributed by atoms with Crippen LogP contribution in [0, 0.1) is 11.8 Å². The number of hydrogen-bond acceptors (Lipinski definition) is 4. The highest BCUT2D eigenvalue weighted by Gasteiger charge is 2.42. The van der Waals surface area contributed by atoms with E-state index < -0.39 is 10.0 Å². The molecule has 2 aliphatic heterocycles. The molecular formula is C13H17BrCl2N2O3S. The van der Waals surface area contributed by atoms with Crippen molar-refractivity contribution in [2.45, 2.75) is 4.90 Å². The molecule has 0 radical (unpaired) electrons. The van der Waals surface area contributed by atoms with Crippen LogP contribution in [-0.2, 0) is 10.0 Å². The van der Waals surface area contributed by atoms with Crippen molar-refractivity contribution >= 4 is 50.0 Å². The van der Waals surface area contributed by atoms with Crippen LogP contribution < -0.4 is 10.1 Å². The van der Waals surface area contributed by atoms with Crippen LogP contribution in [0.5, 0.6) is 5.75 Å². The van der Waals surface area contributed by atoms with Crippen molar-refractivity contribution in [3.8, 4) is 5.75 Å². The molecule has 5 nitrogen and oxygen atoms in total. The Morgan fingerprint density at radius 3 is 2.45 bits per heavy atom. The van der Waals surface area contributed by atoms with Gasteiger partial charge in [-0.15, -0.1) is 12.4 Å². The monoisotopic (exact) mass is 430 g/mol. The van der Waals surface area contributed by atoms with Crippen LogP contribution in [-0.4, -0.2) is 46.0 Å². The standard InChI is InChI=1S/C13H16BrClN2O3S.ClH/c1-20-12-2-10(14)13(3-11(12)15)21(18,19)17-6-8-4-16-5-9(8)7-17;/h2-3,8-9,16H,4-7H2,1H3;1H/t8-,9+;. The van der Waals surface area contributed by atoms with Crippen LogP contribution >= 0.6 is 39.9 Å². The van der Waals surface area contributed by atoms with Gasteiger partial charge >= 0.3 is 0 Å². The van der Waals surface area contributed by atoms with E-state index in [0.29, 0.717) is 40.2 Å². The maximum atomic E-state index is 12.8. The molecule has 0 amide bonds. The smallest absolute Gasteiger partial charge is 0.244 e. The Kier molecular flexibility index (Phi) is 5.68. The molecule has 1 N–H and O–H groups in total. The maximum Gasteiger partial charge on any atom is 0.244 e. The Hall–Kier alpha value is -0.0500. The van der Waals surface area contributed by atoms with Gasteiger partial charge in [0.15, 0.2) is 0 Å². The molecule has 9 heteroatoms. The van der Waals surface area contributed by atoms with E-state index in [9.17, 15) is 8.42 Å². The van der Waals surface area contributed by atoms with Crippen LogP contribution in [0.1, 0.15) is 0 Å². The Balaban J connectivity index is 0.00000176. The molecule has 0 bridgehead atoms. The molecule has 0 aliphatic carbocycles. The van der Waals surface area contributed by atoms with Gasteiger partial charge in [-0.25, -0.2) is 8.42 Å². The summed E-state index contributed by atoms with van der Waals surface area (Å²) in [6, 6.07) is 3.04. The molecule has 2 aliphatic rings. The topological polar surface area (TPSA) is 58.6 Å². The second-order valence-electron chi connectivity index (χ2n) is 5.42. The summed E-state index contributed by atoms with van der Waals surface area (Å²) in [5.74, 6) is 1.27. The predicted octanol–water partition coefficient (Wildman–Crippen LogP) is 2.37. The summed E-state index contributed by atoms with van der Waals surface area (Å²) in [5.41, 5.74) is 0. The van der Waals surface area contributed by atoms with Gasteiger partial charge in [-0.1, -0.05) is 11.6 Å². The molecule has 2 fully saturated rings. The second kappa shape index (κ2) is 6.83. The molecule has 0 spiro atoms. The molecule has 0 saturated carbocycles. The number of nitrogens with zero attached hydrogens (tertiary/aromatic N) is 1. The van der Waals surface area contributed by atoms with Crippen molar-refractivity contribution in [3.63, 3.8) is 0 Å². The highest BCUT2D eigenvalue weighted by atomic mass is 79.9. The van der Waals surface area contributed by atoms with Gasteiger partial charge in [0.25, 0.3) is 0 Å². The van der Waals surface area contributed by atoms with Crippen LogP contribution in [0.3, 0.4) is 0 Å². The minimum absolute atomic E-state index is 0. The summed E-state index contributed by atoms with van der Waals surface area (Å²) < 4.78 is 32.8. The molecule has 124 valence electrons. The van der Waals surface area contributed by atoms with Gasteiger partial charge in [0, 0.05) is 17.6 Å². The van der Waals surface area contributed by atoms with E-state index in [-0.39, 0.29) is 17.3 Å². The minimum Gasteiger partial charge on any atom is -0.495 e. The third kappa shape index (κ3) is 3.12. The first-order valence-electron chi connectivity index (χ1n) is 6.67. The molecule has 0 aromatic heterocycles. The summed E-state index contributed by atoms with van der Waals surface area (Å²) in [7, 11) is -2.04. The number of methoxy groups -OCH3 is 1. The van der Waals surface area contributed by atoms with Crippen LogP contribution in [0.15, 0.2) is 21.5 Å². The molecule has 22 heavy (non-hydrogen) atoms. The molecule has 2 saturated heterocycles. The second-order valence-corrected chi connectivity index (χ2v) is 8.59. The molecular weight excluding hydrogens is 415 g/mol.